The molecule has 0 aromatic heterocycles. The van der Waals surface area contributed by atoms with Crippen molar-refractivity contribution in [2.75, 3.05) is 5.32 Å². The van der Waals surface area contributed by atoms with Crippen LogP contribution >= 0.6 is 23.8 Å². The molecule has 5 heteroatoms. The van der Waals surface area contributed by atoms with Crippen molar-refractivity contribution in [3.05, 3.63) is 99.6 Å². The number of nitrogens with one attached hydrogen (secondary N) is 2. The zero-order chi connectivity index (χ0) is 20.6. The lowest BCUT2D eigenvalue weighted by Crippen LogP contribution is -2.28. The van der Waals surface area contributed by atoms with E-state index in [2.05, 4.69) is 53.1 Å². The van der Waals surface area contributed by atoms with Gasteiger partial charge >= 0.3 is 0 Å². The average Bonchev–Trinajstić information content (AvgIpc) is 2.71. The van der Waals surface area contributed by atoms with Gasteiger partial charge in [0, 0.05) is 6.54 Å². The SMILES string of the molecule is Cc1cc(C)c(NC(=S)NCc2ccc(COCc3ccccc3)cc2)c(Cl)c1. The van der Waals surface area contributed by atoms with Gasteiger partial charge in [-0.05, 0) is 59.9 Å². The van der Waals surface area contributed by atoms with Crippen LogP contribution in [0.1, 0.15) is 27.8 Å². The lowest BCUT2D eigenvalue weighted by atomic mass is 10.1. The number of hydrogen-bond acceptors (Lipinski definition) is 2. The predicted octanol–water partition coefficient (Wildman–Crippen LogP) is 6.16. The van der Waals surface area contributed by atoms with Gasteiger partial charge in [0.25, 0.3) is 0 Å². The largest absolute Gasteiger partial charge is 0.372 e. The van der Waals surface area contributed by atoms with Crippen molar-refractivity contribution in [2.24, 2.45) is 0 Å². The first-order chi connectivity index (χ1) is 14.0. The smallest absolute Gasteiger partial charge is 0.171 e. The Morgan fingerprint density at radius 1 is 0.897 bits per heavy atom. The first-order valence-corrected chi connectivity index (χ1v) is 10.3. The highest BCUT2D eigenvalue weighted by molar-refractivity contribution is 7.80. The summed E-state index contributed by atoms with van der Waals surface area (Å²) >= 11 is 11.7. The number of thiocarbonyl (C=S) groups is 1. The Morgan fingerprint density at radius 3 is 2.17 bits per heavy atom. The summed E-state index contributed by atoms with van der Waals surface area (Å²) < 4.78 is 5.78. The van der Waals surface area contributed by atoms with Crippen molar-refractivity contribution in [1.82, 2.24) is 5.32 Å². The summed E-state index contributed by atoms with van der Waals surface area (Å²) in [6, 6.07) is 22.5. The molecule has 0 amide bonds. The monoisotopic (exact) mass is 424 g/mol. The lowest BCUT2D eigenvalue weighted by molar-refractivity contribution is 0.107. The number of hydrogen-bond donors (Lipinski definition) is 2. The van der Waals surface area contributed by atoms with Crippen LogP contribution in [0.4, 0.5) is 5.69 Å². The molecule has 3 aromatic rings. The van der Waals surface area contributed by atoms with Crippen molar-refractivity contribution < 1.29 is 4.74 Å². The van der Waals surface area contributed by atoms with Crippen molar-refractivity contribution in [3.63, 3.8) is 0 Å². The highest BCUT2D eigenvalue weighted by Gasteiger charge is 2.07. The summed E-state index contributed by atoms with van der Waals surface area (Å²) in [6.45, 7) is 5.89. The van der Waals surface area contributed by atoms with E-state index in [1.165, 1.54) is 5.56 Å². The Labute approximate surface area is 183 Å². The van der Waals surface area contributed by atoms with E-state index < -0.39 is 0 Å². The second-order valence-electron chi connectivity index (χ2n) is 7.04. The van der Waals surface area contributed by atoms with E-state index >= 15 is 0 Å². The number of ether oxygens (including phenoxy) is 1. The van der Waals surface area contributed by atoms with Gasteiger partial charge in [0.05, 0.1) is 23.9 Å². The molecular weight excluding hydrogens is 400 g/mol. The molecule has 0 fully saturated rings. The van der Waals surface area contributed by atoms with Gasteiger partial charge in [0.1, 0.15) is 0 Å². The van der Waals surface area contributed by atoms with Crippen LogP contribution in [0.15, 0.2) is 66.7 Å². The van der Waals surface area contributed by atoms with Gasteiger partial charge in [-0.25, -0.2) is 0 Å². The molecule has 0 heterocycles. The van der Waals surface area contributed by atoms with Crippen molar-refractivity contribution in [3.8, 4) is 0 Å². The van der Waals surface area contributed by atoms with E-state index in [0.717, 1.165) is 27.9 Å². The second-order valence-corrected chi connectivity index (χ2v) is 7.86. The fourth-order valence-electron chi connectivity index (χ4n) is 3.03. The number of anilines is 1. The highest BCUT2D eigenvalue weighted by atomic mass is 35.5. The number of benzene rings is 3. The Balaban J connectivity index is 1.45. The van der Waals surface area contributed by atoms with Crippen LogP contribution in [0.2, 0.25) is 5.02 Å². The van der Waals surface area contributed by atoms with E-state index in [1.54, 1.807) is 0 Å². The number of rotatable bonds is 7. The summed E-state index contributed by atoms with van der Waals surface area (Å²) in [7, 11) is 0. The molecule has 0 atom stereocenters. The maximum Gasteiger partial charge on any atom is 0.171 e. The normalized spacial score (nSPS) is 10.6. The minimum atomic E-state index is 0.550. The van der Waals surface area contributed by atoms with E-state index in [4.69, 9.17) is 28.6 Å². The Kier molecular flexibility index (Phi) is 7.64. The molecule has 0 aliphatic rings. The maximum absolute atomic E-state index is 6.33. The van der Waals surface area contributed by atoms with Crippen LogP contribution in [-0.2, 0) is 24.5 Å². The lowest BCUT2D eigenvalue weighted by Gasteiger charge is -2.15. The second kappa shape index (κ2) is 10.4. The predicted molar refractivity (Wildman–Crippen MR) is 125 cm³/mol. The van der Waals surface area contributed by atoms with E-state index in [-0.39, 0.29) is 0 Å². The van der Waals surface area contributed by atoms with Crippen molar-refractivity contribution >= 4 is 34.6 Å². The number of aryl methyl sites for hydroxylation is 2. The third-order valence-corrected chi connectivity index (χ3v) is 5.07. The molecule has 3 rings (SSSR count). The average molecular weight is 425 g/mol. The van der Waals surface area contributed by atoms with Crippen LogP contribution in [0.5, 0.6) is 0 Å². The Bertz CT molecular complexity index is 935. The molecule has 2 N–H and O–H groups in total. The van der Waals surface area contributed by atoms with Crippen LogP contribution in [0.25, 0.3) is 0 Å². The van der Waals surface area contributed by atoms with Gasteiger partial charge in [-0.1, -0.05) is 72.3 Å². The first-order valence-electron chi connectivity index (χ1n) is 9.52. The molecule has 150 valence electrons. The van der Waals surface area contributed by atoms with E-state index in [9.17, 15) is 0 Å². The van der Waals surface area contributed by atoms with Crippen LogP contribution in [0, 0.1) is 13.8 Å². The molecule has 0 radical (unpaired) electrons. The van der Waals surface area contributed by atoms with Crippen LogP contribution in [-0.4, -0.2) is 5.11 Å². The van der Waals surface area contributed by atoms with Crippen molar-refractivity contribution in [2.45, 2.75) is 33.6 Å². The molecule has 0 unspecified atom stereocenters. The Morgan fingerprint density at radius 2 is 1.52 bits per heavy atom. The molecule has 0 spiro atoms. The maximum atomic E-state index is 6.33. The molecule has 0 aliphatic carbocycles. The van der Waals surface area contributed by atoms with Gasteiger partial charge in [-0.15, -0.1) is 0 Å². The summed E-state index contributed by atoms with van der Waals surface area (Å²) in [5.41, 5.74) is 6.52. The highest BCUT2D eigenvalue weighted by Crippen LogP contribution is 2.27. The minimum Gasteiger partial charge on any atom is -0.372 e. The Hall–Kier alpha value is -2.40. The van der Waals surface area contributed by atoms with Gasteiger partial charge in [-0.3, -0.25) is 0 Å². The third kappa shape index (κ3) is 6.57. The first kappa shape index (κ1) is 21.3. The summed E-state index contributed by atoms with van der Waals surface area (Å²) in [6.07, 6.45) is 0. The molecule has 3 aromatic carbocycles. The molecule has 0 saturated carbocycles. The fourth-order valence-corrected chi connectivity index (χ4v) is 3.57. The summed E-state index contributed by atoms with van der Waals surface area (Å²) in [5, 5.41) is 7.65. The van der Waals surface area contributed by atoms with Gasteiger partial charge in [0.2, 0.25) is 0 Å². The molecule has 0 saturated heterocycles. The summed E-state index contributed by atoms with van der Waals surface area (Å²) in [4.78, 5) is 0. The fraction of sp³-hybridized carbons (Fsp3) is 0.208. The molecule has 0 aliphatic heterocycles. The molecule has 29 heavy (non-hydrogen) atoms. The zero-order valence-electron chi connectivity index (χ0n) is 16.7. The summed E-state index contributed by atoms with van der Waals surface area (Å²) in [5.74, 6) is 0. The van der Waals surface area contributed by atoms with Gasteiger partial charge in [-0.2, -0.15) is 0 Å². The quantitative estimate of drug-likeness (QED) is 0.445. The molecular formula is C24H25ClN2OS. The minimum absolute atomic E-state index is 0.550. The topological polar surface area (TPSA) is 33.3 Å². The van der Waals surface area contributed by atoms with Crippen LogP contribution < -0.4 is 10.6 Å². The third-order valence-electron chi connectivity index (χ3n) is 4.53. The van der Waals surface area contributed by atoms with Crippen LogP contribution in [0.3, 0.4) is 0 Å². The molecule has 0 bridgehead atoms. The molecule has 3 nitrogen and oxygen atoms in total. The van der Waals surface area contributed by atoms with E-state index in [0.29, 0.717) is 29.9 Å². The van der Waals surface area contributed by atoms with Gasteiger partial charge < -0.3 is 15.4 Å². The van der Waals surface area contributed by atoms with E-state index in [1.807, 2.05) is 38.1 Å². The van der Waals surface area contributed by atoms with Crippen molar-refractivity contribution in [1.29, 1.82) is 0 Å². The standard InChI is InChI=1S/C24H25ClN2OS/c1-17-12-18(2)23(22(25)13-17)27-24(29)26-14-19-8-10-21(11-9-19)16-28-15-20-6-4-3-5-7-20/h3-13H,14-16H2,1-2H3,(H2,26,27,29). The number of halogens is 1. The zero-order valence-corrected chi connectivity index (χ0v) is 18.2. The van der Waals surface area contributed by atoms with Gasteiger partial charge in [0.15, 0.2) is 5.11 Å².